The van der Waals surface area contributed by atoms with Crippen LogP contribution in [0.4, 0.5) is 4.79 Å². The summed E-state index contributed by atoms with van der Waals surface area (Å²) in [7, 11) is 0. The zero-order valence-electron chi connectivity index (χ0n) is 20.2. The van der Waals surface area contributed by atoms with Crippen molar-refractivity contribution in [1.82, 2.24) is 16.0 Å². The third-order valence-electron chi connectivity index (χ3n) is 7.33. The van der Waals surface area contributed by atoms with E-state index < -0.39 is 29.5 Å². The average Bonchev–Trinajstić information content (AvgIpc) is 3.25. The van der Waals surface area contributed by atoms with Crippen molar-refractivity contribution >= 4 is 24.2 Å². The van der Waals surface area contributed by atoms with Gasteiger partial charge in [0.25, 0.3) is 0 Å². The van der Waals surface area contributed by atoms with Gasteiger partial charge in [0.05, 0.1) is 6.04 Å². The number of carbonyl (C=O) groups excluding carboxylic acids is 4. The molecule has 8 nitrogen and oxygen atoms in total. The third kappa shape index (κ3) is 6.81. The van der Waals surface area contributed by atoms with E-state index in [4.69, 9.17) is 4.74 Å². The van der Waals surface area contributed by atoms with E-state index >= 15 is 0 Å². The van der Waals surface area contributed by atoms with E-state index in [0.717, 1.165) is 31.2 Å². The third-order valence-corrected chi connectivity index (χ3v) is 7.33. The van der Waals surface area contributed by atoms with Crippen LogP contribution in [0.25, 0.3) is 0 Å². The molecule has 1 aliphatic carbocycles. The Morgan fingerprint density at radius 1 is 1.12 bits per heavy atom. The first-order valence-corrected chi connectivity index (χ1v) is 12.3. The van der Waals surface area contributed by atoms with Crippen molar-refractivity contribution in [2.45, 2.75) is 77.5 Å². The van der Waals surface area contributed by atoms with E-state index in [-0.39, 0.29) is 30.8 Å². The van der Waals surface area contributed by atoms with Crippen molar-refractivity contribution in [3.05, 3.63) is 35.9 Å². The average molecular weight is 472 g/mol. The molecule has 3 rings (SSSR count). The van der Waals surface area contributed by atoms with Gasteiger partial charge in [-0.05, 0) is 42.6 Å². The van der Waals surface area contributed by atoms with Gasteiger partial charge in [0.1, 0.15) is 18.9 Å². The molecule has 0 radical (unpaired) electrons. The Balaban J connectivity index is 1.70. The van der Waals surface area contributed by atoms with Gasteiger partial charge < -0.3 is 25.5 Å². The second kappa shape index (κ2) is 12.0. The van der Waals surface area contributed by atoms with Crippen LogP contribution >= 0.6 is 0 Å². The van der Waals surface area contributed by atoms with Crippen molar-refractivity contribution in [2.24, 2.45) is 17.3 Å². The molecule has 0 spiro atoms. The summed E-state index contributed by atoms with van der Waals surface area (Å²) in [5.74, 6) is -0.573. The van der Waals surface area contributed by atoms with Crippen LogP contribution in [-0.2, 0) is 25.7 Å². The minimum atomic E-state index is -0.876. The van der Waals surface area contributed by atoms with Crippen LogP contribution in [0, 0.1) is 17.3 Å². The minimum absolute atomic E-state index is 0.0946. The highest BCUT2D eigenvalue weighted by Gasteiger charge is 2.43. The highest BCUT2D eigenvalue weighted by atomic mass is 16.5. The van der Waals surface area contributed by atoms with Crippen LogP contribution in [0.3, 0.4) is 0 Å². The Labute approximate surface area is 201 Å². The summed E-state index contributed by atoms with van der Waals surface area (Å²) in [5.41, 5.74) is 0.301. The Morgan fingerprint density at radius 3 is 2.44 bits per heavy atom. The number of rotatable bonds is 10. The smallest absolute Gasteiger partial charge is 0.408 e. The van der Waals surface area contributed by atoms with Crippen molar-refractivity contribution in [2.75, 3.05) is 6.54 Å². The lowest BCUT2D eigenvalue weighted by molar-refractivity contribution is -0.130. The molecule has 3 atom stereocenters. The SMILES string of the molecule is CC(C)(C1CCCCC1)C(NC(=O)OCc1ccccc1)C(=O)NC(C=O)CC1CCNC1=O. The van der Waals surface area contributed by atoms with E-state index in [1.54, 1.807) is 0 Å². The van der Waals surface area contributed by atoms with E-state index in [9.17, 15) is 19.2 Å². The number of ether oxygens (including phenoxy) is 1. The predicted molar refractivity (Wildman–Crippen MR) is 128 cm³/mol. The van der Waals surface area contributed by atoms with Gasteiger partial charge in [-0.2, -0.15) is 0 Å². The van der Waals surface area contributed by atoms with Crippen LogP contribution in [0.2, 0.25) is 0 Å². The zero-order chi connectivity index (χ0) is 24.6. The molecule has 186 valence electrons. The summed E-state index contributed by atoms with van der Waals surface area (Å²) in [4.78, 5) is 49.8. The normalized spacial score (nSPS) is 20.6. The molecular formula is C26H37N3O5. The maximum atomic E-state index is 13.4. The first-order chi connectivity index (χ1) is 16.3. The Morgan fingerprint density at radius 2 is 1.82 bits per heavy atom. The Hall–Kier alpha value is -2.90. The van der Waals surface area contributed by atoms with Gasteiger partial charge in [-0.15, -0.1) is 0 Å². The summed E-state index contributed by atoms with van der Waals surface area (Å²) >= 11 is 0. The first-order valence-electron chi connectivity index (χ1n) is 12.3. The summed E-state index contributed by atoms with van der Waals surface area (Å²) in [6.07, 6.45) is 6.20. The van der Waals surface area contributed by atoms with Crippen LogP contribution in [0.1, 0.15) is 64.4 Å². The van der Waals surface area contributed by atoms with Crippen LogP contribution < -0.4 is 16.0 Å². The summed E-state index contributed by atoms with van der Waals surface area (Å²) < 4.78 is 5.39. The molecule has 3 amide bonds. The predicted octanol–water partition coefficient (Wildman–Crippen LogP) is 3.10. The van der Waals surface area contributed by atoms with E-state index in [0.29, 0.717) is 19.3 Å². The molecule has 0 aromatic heterocycles. The van der Waals surface area contributed by atoms with Crippen LogP contribution in [-0.4, -0.2) is 42.8 Å². The number of amides is 3. The van der Waals surface area contributed by atoms with Crippen molar-refractivity contribution in [3.63, 3.8) is 0 Å². The number of hydrogen-bond acceptors (Lipinski definition) is 5. The van der Waals surface area contributed by atoms with Crippen LogP contribution in [0.5, 0.6) is 0 Å². The van der Waals surface area contributed by atoms with Gasteiger partial charge >= 0.3 is 6.09 Å². The van der Waals surface area contributed by atoms with Crippen molar-refractivity contribution in [3.8, 4) is 0 Å². The van der Waals surface area contributed by atoms with Gasteiger partial charge in [-0.25, -0.2) is 4.79 Å². The van der Waals surface area contributed by atoms with E-state index in [2.05, 4.69) is 16.0 Å². The molecule has 3 unspecified atom stereocenters. The summed E-state index contributed by atoms with van der Waals surface area (Å²) in [5, 5.41) is 8.32. The summed E-state index contributed by atoms with van der Waals surface area (Å²) in [6.45, 7) is 4.66. The van der Waals surface area contributed by atoms with Gasteiger partial charge in [0.15, 0.2) is 0 Å². The number of carbonyl (C=O) groups is 4. The Kier molecular flexibility index (Phi) is 9.07. The lowest BCUT2D eigenvalue weighted by Crippen LogP contribution is -2.58. The lowest BCUT2D eigenvalue weighted by Gasteiger charge is -2.42. The second-order valence-electron chi connectivity index (χ2n) is 10.1. The monoisotopic (exact) mass is 471 g/mol. The number of aldehydes is 1. The molecule has 3 N–H and O–H groups in total. The fourth-order valence-corrected chi connectivity index (χ4v) is 5.15. The molecule has 1 saturated carbocycles. The molecule has 2 aliphatic rings. The Bertz CT molecular complexity index is 851. The largest absolute Gasteiger partial charge is 0.445 e. The molecule has 1 aromatic rings. The molecule has 8 heteroatoms. The van der Waals surface area contributed by atoms with E-state index in [1.165, 1.54) is 6.42 Å². The topological polar surface area (TPSA) is 114 Å². The maximum Gasteiger partial charge on any atom is 0.408 e. The highest BCUT2D eigenvalue weighted by Crippen LogP contribution is 2.41. The molecule has 1 aliphatic heterocycles. The fraction of sp³-hybridized carbons (Fsp3) is 0.615. The molecule has 0 bridgehead atoms. The maximum absolute atomic E-state index is 13.4. The molecule has 34 heavy (non-hydrogen) atoms. The quantitative estimate of drug-likeness (QED) is 0.454. The number of nitrogens with one attached hydrogen (secondary N) is 3. The van der Waals surface area contributed by atoms with E-state index in [1.807, 2.05) is 44.2 Å². The summed E-state index contributed by atoms with van der Waals surface area (Å²) in [6, 6.07) is 7.66. The van der Waals surface area contributed by atoms with Crippen molar-refractivity contribution < 1.29 is 23.9 Å². The first kappa shape index (κ1) is 25.7. The highest BCUT2D eigenvalue weighted by molar-refractivity contribution is 5.88. The fourth-order valence-electron chi connectivity index (χ4n) is 5.15. The molecule has 1 heterocycles. The number of hydrogen-bond donors (Lipinski definition) is 3. The zero-order valence-corrected chi connectivity index (χ0v) is 20.2. The van der Waals surface area contributed by atoms with Gasteiger partial charge in [0, 0.05) is 12.5 Å². The molecule has 1 saturated heterocycles. The lowest BCUT2D eigenvalue weighted by atomic mass is 9.66. The van der Waals surface area contributed by atoms with Crippen molar-refractivity contribution in [1.29, 1.82) is 0 Å². The molecule has 2 fully saturated rings. The standard InChI is InChI=1S/C26H37N3O5/c1-26(2,20-11-7-4-8-12-20)22(29-25(33)34-17-18-9-5-3-6-10-18)24(32)28-21(16-30)15-19-13-14-27-23(19)31/h3,5-6,9-10,16,19-22H,4,7-8,11-15,17H2,1-2H3,(H,27,31)(H,28,32)(H,29,33). The minimum Gasteiger partial charge on any atom is -0.445 e. The van der Waals surface area contributed by atoms with Crippen LogP contribution in [0.15, 0.2) is 30.3 Å². The van der Waals surface area contributed by atoms with Gasteiger partial charge in [-0.1, -0.05) is 63.4 Å². The number of benzene rings is 1. The van der Waals surface area contributed by atoms with Gasteiger partial charge in [-0.3, -0.25) is 9.59 Å². The second-order valence-corrected chi connectivity index (χ2v) is 10.1. The van der Waals surface area contributed by atoms with Gasteiger partial charge in [0.2, 0.25) is 11.8 Å². The molecule has 1 aromatic carbocycles. The number of alkyl carbamates (subject to hydrolysis) is 1. The molecular weight excluding hydrogens is 434 g/mol.